The lowest BCUT2D eigenvalue weighted by molar-refractivity contribution is -0.150. The van der Waals surface area contributed by atoms with E-state index in [2.05, 4.69) is 5.32 Å². The Bertz CT molecular complexity index is 634. The molecule has 144 valence electrons. The number of ether oxygens (including phenoxy) is 2. The van der Waals surface area contributed by atoms with E-state index < -0.39 is 0 Å². The van der Waals surface area contributed by atoms with Crippen LogP contribution >= 0.6 is 0 Å². The predicted octanol–water partition coefficient (Wildman–Crippen LogP) is 1.99. The standard InChI is InChI=1S/C21H26N2O4/c1-22-12-13-23(14-20(24)26-16-18-8-4-2-5-9-18)15-21(25)27-17-19-10-6-3-7-11-19/h2-11,22H,12-17H2,1H3. The van der Waals surface area contributed by atoms with Gasteiger partial charge in [-0.2, -0.15) is 0 Å². The Labute approximate surface area is 160 Å². The van der Waals surface area contributed by atoms with Crippen molar-refractivity contribution >= 4 is 11.9 Å². The molecule has 0 bridgehead atoms. The second-order valence-electron chi connectivity index (χ2n) is 6.11. The van der Waals surface area contributed by atoms with Crippen molar-refractivity contribution in [2.45, 2.75) is 13.2 Å². The van der Waals surface area contributed by atoms with Crippen LogP contribution in [-0.2, 0) is 32.3 Å². The smallest absolute Gasteiger partial charge is 0.320 e. The molecule has 6 nitrogen and oxygen atoms in total. The van der Waals surface area contributed by atoms with E-state index in [0.29, 0.717) is 13.1 Å². The molecule has 0 aliphatic rings. The third-order valence-electron chi connectivity index (χ3n) is 3.87. The fraction of sp³-hybridized carbons (Fsp3) is 0.333. The predicted molar refractivity (Wildman–Crippen MR) is 103 cm³/mol. The van der Waals surface area contributed by atoms with Crippen molar-refractivity contribution in [2.24, 2.45) is 0 Å². The van der Waals surface area contributed by atoms with Gasteiger partial charge in [0.05, 0.1) is 13.1 Å². The fourth-order valence-electron chi connectivity index (χ4n) is 2.42. The highest BCUT2D eigenvalue weighted by atomic mass is 16.5. The summed E-state index contributed by atoms with van der Waals surface area (Å²) in [4.78, 5) is 25.9. The number of likely N-dealkylation sites (N-methyl/N-ethyl adjacent to an activating group) is 1. The van der Waals surface area contributed by atoms with Crippen LogP contribution in [0.25, 0.3) is 0 Å². The average Bonchev–Trinajstić information content (AvgIpc) is 2.70. The van der Waals surface area contributed by atoms with E-state index >= 15 is 0 Å². The lowest BCUT2D eigenvalue weighted by Gasteiger charge is -2.20. The summed E-state index contributed by atoms with van der Waals surface area (Å²) in [5, 5.41) is 3.01. The van der Waals surface area contributed by atoms with Crippen LogP contribution in [0.4, 0.5) is 0 Å². The van der Waals surface area contributed by atoms with Crippen molar-refractivity contribution in [1.29, 1.82) is 0 Å². The van der Waals surface area contributed by atoms with Gasteiger partial charge in [-0.1, -0.05) is 60.7 Å². The van der Waals surface area contributed by atoms with Crippen LogP contribution in [-0.4, -0.2) is 50.1 Å². The highest BCUT2D eigenvalue weighted by Gasteiger charge is 2.16. The third-order valence-corrected chi connectivity index (χ3v) is 3.87. The molecule has 0 heterocycles. The first-order chi connectivity index (χ1) is 13.2. The zero-order chi connectivity index (χ0) is 19.3. The number of esters is 2. The van der Waals surface area contributed by atoms with Crippen LogP contribution in [0.1, 0.15) is 11.1 Å². The van der Waals surface area contributed by atoms with E-state index in [1.807, 2.05) is 67.7 Å². The van der Waals surface area contributed by atoms with Crippen molar-refractivity contribution in [1.82, 2.24) is 10.2 Å². The van der Waals surface area contributed by atoms with Gasteiger partial charge in [0, 0.05) is 13.1 Å². The monoisotopic (exact) mass is 370 g/mol. The van der Waals surface area contributed by atoms with Gasteiger partial charge < -0.3 is 14.8 Å². The zero-order valence-corrected chi connectivity index (χ0v) is 15.6. The van der Waals surface area contributed by atoms with E-state index in [9.17, 15) is 9.59 Å². The maximum absolute atomic E-state index is 12.1. The van der Waals surface area contributed by atoms with Crippen molar-refractivity contribution in [3.05, 3.63) is 71.8 Å². The van der Waals surface area contributed by atoms with Gasteiger partial charge in [0.2, 0.25) is 0 Å². The topological polar surface area (TPSA) is 67.9 Å². The Hall–Kier alpha value is -2.70. The largest absolute Gasteiger partial charge is 0.460 e. The number of nitrogens with zero attached hydrogens (tertiary/aromatic N) is 1. The lowest BCUT2D eigenvalue weighted by atomic mass is 10.2. The summed E-state index contributed by atoms with van der Waals surface area (Å²) in [5.74, 6) is -0.739. The van der Waals surface area contributed by atoms with Gasteiger partial charge in [0.25, 0.3) is 0 Å². The van der Waals surface area contributed by atoms with E-state index in [4.69, 9.17) is 9.47 Å². The molecule has 0 aliphatic carbocycles. The number of rotatable bonds is 11. The number of nitrogens with one attached hydrogen (secondary N) is 1. The van der Waals surface area contributed by atoms with Gasteiger partial charge in [0.1, 0.15) is 13.2 Å². The van der Waals surface area contributed by atoms with Crippen LogP contribution in [0.5, 0.6) is 0 Å². The Kier molecular flexibility index (Phi) is 9.03. The quantitative estimate of drug-likeness (QED) is 0.610. The first-order valence-electron chi connectivity index (χ1n) is 8.93. The molecule has 0 aliphatic heterocycles. The average molecular weight is 370 g/mol. The SMILES string of the molecule is CNCCN(CC(=O)OCc1ccccc1)CC(=O)OCc1ccccc1. The van der Waals surface area contributed by atoms with Crippen LogP contribution in [0, 0.1) is 0 Å². The molecule has 0 saturated carbocycles. The second-order valence-corrected chi connectivity index (χ2v) is 6.11. The summed E-state index contributed by atoms with van der Waals surface area (Å²) in [6.45, 7) is 1.70. The molecule has 0 unspecified atom stereocenters. The molecule has 0 fully saturated rings. The second kappa shape index (κ2) is 11.8. The number of hydrogen-bond donors (Lipinski definition) is 1. The maximum atomic E-state index is 12.1. The highest BCUT2D eigenvalue weighted by Crippen LogP contribution is 2.03. The molecule has 6 heteroatoms. The van der Waals surface area contributed by atoms with Gasteiger partial charge in [-0.05, 0) is 18.2 Å². The zero-order valence-electron chi connectivity index (χ0n) is 15.6. The van der Waals surface area contributed by atoms with Crippen LogP contribution in [0.3, 0.4) is 0 Å². The molecule has 2 rings (SSSR count). The molecule has 0 atom stereocenters. The number of carbonyl (C=O) groups excluding carboxylic acids is 2. The maximum Gasteiger partial charge on any atom is 0.320 e. The Morgan fingerprint density at radius 2 is 1.26 bits per heavy atom. The molecule has 0 aromatic heterocycles. The van der Waals surface area contributed by atoms with Crippen molar-refractivity contribution in [2.75, 3.05) is 33.2 Å². The first-order valence-corrected chi connectivity index (χ1v) is 8.93. The first kappa shape index (κ1) is 20.6. The molecule has 0 amide bonds. The van der Waals surface area contributed by atoms with E-state index in [1.165, 1.54) is 0 Å². The molecule has 2 aromatic rings. The number of carbonyl (C=O) groups is 2. The molecule has 1 N–H and O–H groups in total. The van der Waals surface area contributed by atoms with Crippen molar-refractivity contribution in [3.63, 3.8) is 0 Å². The molecular formula is C21H26N2O4. The summed E-state index contributed by atoms with van der Waals surface area (Å²) in [5.41, 5.74) is 1.85. The van der Waals surface area contributed by atoms with Crippen LogP contribution in [0.15, 0.2) is 60.7 Å². The minimum absolute atomic E-state index is 0.0367. The molecule has 0 radical (unpaired) electrons. The summed E-state index contributed by atoms with van der Waals surface area (Å²) in [6, 6.07) is 19.0. The van der Waals surface area contributed by atoms with Gasteiger partial charge >= 0.3 is 11.9 Å². The molecular weight excluding hydrogens is 344 g/mol. The molecule has 2 aromatic carbocycles. The minimum atomic E-state index is -0.370. The van der Waals surface area contributed by atoms with E-state index in [-0.39, 0.29) is 38.2 Å². The highest BCUT2D eigenvalue weighted by molar-refractivity contribution is 5.75. The van der Waals surface area contributed by atoms with Gasteiger partial charge in [-0.15, -0.1) is 0 Å². The lowest BCUT2D eigenvalue weighted by Crippen LogP contribution is -2.39. The summed E-state index contributed by atoms with van der Waals surface area (Å²) in [7, 11) is 1.82. The van der Waals surface area contributed by atoms with Gasteiger partial charge in [-0.3, -0.25) is 14.5 Å². The normalized spacial score (nSPS) is 10.6. The molecule has 27 heavy (non-hydrogen) atoms. The molecule has 0 spiro atoms. The minimum Gasteiger partial charge on any atom is -0.460 e. The Balaban J connectivity index is 1.78. The summed E-state index contributed by atoms with van der Waals surface area (Å²) >= 11 is 0. The van der Waals surface area contributed by atoms with Gasteiger partial charge in [0.15, 0.2) is 0 Å². The van der Waals surface area contributed by atoms with E-state index in [1.54, 1.807) is 4.90 Å². The number of benzene rings is 2. The van der Waals surface area contributed by atoms with Gasteiger partial charge in [-0.25, -0.2) is 0 Å². The van der Waals surface area contributed by atoms with Crippen molar-refractivity contribution < 1.29 is 19.1 Å². The van der Waals surface area contributed by atoms with Crippen LogP contribution in [0.2, 0.25) is 0 Å². The third kappa shape index (κ3) is 8.48. The Morgan fingerprint density at radius 3 is 1.67 bits per heavy atom. The van der Waals surface area contributed by atoms with E-state index in [0.717, 1.165) is 11.1 Å². The fourth-order valence-corrected chi connectivity index (χ4v) is 2.42. The molecule has 0 saturated heterocycles. The van der Waals surface area contributed by atoms with Crippen molar-refractivity contribution in [3.8, 4) is 0 Å². The summed E-state index contributed by atoms with van der Waals surface area (Å²) < 4.78 is 10.6. The summed E-state index contributed by atoms with van der Waals surface area (Å²) in [6.07, 6.45) is 0. The number of hydrogen-bond acceptors (Lipinski definition) is 6. The van der Waals surface area contributed by atoms with Crippen LogP contribution < -0.4 is 5.32 Å². The Morgan fingerprint density at radius 1 is 0.815 bits per heavy atom.